The molecule has 0 spiro atoms. The molecule has 2 atom stereocenters. The predicted molar refractivity (Wildman–Crippen MR) is 69.5 cm³/mol. The number of hydrogen-bond acceptors (Lipinski definition) is 3. The van der Waals surface area contributed by atoms with Crippen LogP contribution in [-0.2, 0) is 4.79 Å². The van der Waals surface area contributed by atoms with Gasteiger partial charge in [0.25, 0.3) is 0 Å². The fraction of sp³-hybridized carbons (Fsp3) is 0.929. The lowest BCUT2D eigenvalue weighted by molar-refractivity contribution is -0.138. The maximum absolute atomic E-state index is 10.9. The first kappa shape index (κ1) is 12.4. The summed E-state index contributed by atoms with van der Waals surface area (Å²) in [5, 5.41) is 8.94. The summed E-state index contributed by atoms with van der Waals surface area (Å²) >= 11 is 0. The topological polar surface area (TPSA) is 43.8 Å². The zero-order valence-corrected chi connectivity index (χ0v) is 11.1. The Balaban J connectivity index is 1.60. The average molecular weight is 252 g/mol. The smallest absolute Gasteiger partial charge is 0.303 e. The van der Waals surface area contributed by atoms with Crippen LogP contribution in [0, 0.1) is 11.8 Å². The van der Waals surface area contributed by atoms with Gasteiger partial charge in [0.1, 0.15) is 0 Å². The van der Waals surface area contributed by atoms with Gasteiger partial charge in [-0.05, 0) is 57.2 Å². The van der Waals surface area contributed by atoms with Crippen LogP contribution in [0.5, 0.6) is 0 Å². The van der Waals surface area contributed by atoms with E-state index in [0.717, 1.165) is 18.9 Å². The molecule has 0 saturated carbocycles. The summed E-state index contributed by atoms with van der Waals surface area (Å²) in [6.45, 7) is 6.00. The quantitative estimate of drug-likeness (QED) is 0.821. The van der Waals surface area contributed by atoms with Gasteiger partial charge in [0, 0.05) is 25.6 Å². The Morgan fingerprint density at radius 1 is 1.11 bits per heavy atom. The van der Waals surface area contributed by atoms with Gasteiger partial charge in [0.2, 0.25) is 0 Å². The SMILES string of the molecule is O=C(O)CC1CCCN(C2CN3CCC2CC3)C1. The summed E-state index contributed by atoms with van der Waals surface area (Å²) in [6, 6.07) is 0.712. The summed E-state index contributed by atoms with van der Waals surface area (Å²) in [6.07, 6.45) is 5.35. The van der Waals surface area contributed by atoms with Gasteiger partial charge in [-0.2, -0.15) is 0 Å². The molecule has 0 aromatic carbocycles. The molecule has 4 fully saturated rings. The van der Waals surface area contributed by atoms with E-state index in [9.17, 15) is 4.79 Å². The molecule has 4 aliphatic heterocycles. The Labute approximate surface area is 109 Å². The van der Waals surface area contributed by atoms with E-state index in [0.29, 0.717) is 18.4 Å². The standard InChI is InChI=1S/C14H24N2O2/c17-14(18)8-11-2-1-5-16(9-11)13-10-15-6-3-12(13)4-7-15/h11-13H,1-10H2,(H,17,18). The number of carboxylic acid groups (broad SMARTS) is 1. The van der Waals surface area contributed by atoms with Crippen LogP contribution in [0.3, 0.4) is 0 Å². The Bertz CT molecular complexity index is 313. The molecule has 4 saturated heterocycles. The zero-order valence-electron chi connectivity index (χ0n) is 11.1. The van der Waals surface area contributed by atoms with E-state index in [2.05, 4.69) is 9.80 Å². The van der Waals surface area contributed by atoms with Gasteiger partial charge in [0.05, 0.1) is 0 Å². The van der Waals surface area contributed by atoms with Crippen molar-refractivity contribution in [1.82, 2.24) is 9.80 Å². The van der Waals surface area contributed by atoms with Crippen molar-refractivity contribution >= 4 is 5.97 Å². The third-order valence-corrected chi connectivity index (χ3v) is 5.10. The summed E-state index contributed by atoms with van der Waals surface area (Å²) < 4.78 is 0. The molecule has 0 aromatic heterocycles. The summed E-state index contributed by atoms with van der Waals surface area (Å²) in [7, 11) is 0. The van der Waals surface area contributed by atoms with Crippen LogP contribution in [0.2, 0.25) is 0 Å². The number of rotatable bonds is 3. The van der Waals surface area contributed by atoms with E-state index in [1.165, 1.54) is 45.4 Å². The molecule has 0 aliphatic carbocycles. The number of likely N-dealkylation sites (tertiary alicyclic amines) is 1. The maximum Gasteiger partial charge on any atom is 0.303 e. The Morgan fingerprint density at radius 2 is 1.89 bits per heavy atom. The van der Waals surface area contributed by atoms with E-state index < -0.39 is 5.97 Å². The highest BCUT2D eigenvalue weighted by atomic mass is 16.4. The summed E-state index contributed by atoms with van der Waals surface area (Å²) in [4.78, 5) is 16.0. The fourth-order valence-electron chi connectivity index (χ4n) is 4.16. The van der Waals surface area contributed by atoms with Crippen LogP contribution >= 0.6 is 0 Å². The van der Waals surface area contributed by atoms with Crippen LogP contribution in [0.1, 0.15) is 32.1 Å². The first-order valence-corrected chi connectivity index (χ1v) is 7.40. The molecule has 4 rings (SSSR count). The lowest BCUT2D eigenvalue weighted by Crippen LogP contribution is -2.59. The normalized spacial score (nSPS) is 40.9. The third kappa shape index (κ3) is 2.54. The number of piperidine rings is 4. The largest absolute Gasteiger partial charge is 0.481 e. The molecule has 2 bridgehead atoms. The van der Waals surface area contributed by atoms with Crippen LogP contribution in [0.4, 0.5) is 0 Å². The Morgan fingerprint density at radius 3 is 2.50 bits per heavy atom. The number of aliphatic carboxylic acids is 1. The second-order valence-electron chi connectivity index (χ2n) is 6.31. The molecule has 1 N–H and O–H groups in total. The molecule has 4 aliphatic rings. The molecule has 2 unspecified atom stereocenters. The zero-order chi connectivity index (χ0) is 12.5. The van der Waals surface area contributed by atoms with Crippen molar-refractivity contribution in [3.8, 4) is 0 Å². The molecule has 18 heavy (non-hydrogen) atoms. The lowest BCUT2D eigenvalue weighted by atomic mass is 9.81. The molecule has 4 nitrogen and oxygen atoms in total. The van der Waals surface area contributed by atoms with Gasteiger partial charge < -0.3 is 10.0 Å². The second kappa shape index (κ2) is 5.17. The van der Waals surface area contributed by atoms with Crippen molar-refractivity contribution in [3.63, 3.8) is 0 Å². The minimum atomic E-state index is -0.629. The van der Waals surface area contributed by atoms with Gasteiger partial charge in [-0.1, -0.05) is 0 Å². The number of carboxylic acids is 1. The van der Waals surface area contributed by atoms with Crippen molar-refractivity contribution in [1.29, 1.82) is 0 Å². The van der Waals surface area contributed by atoms with Gasteiger partial charge in [-0.3, -0.25) is 9.69 Å². The van der Waals surface area contributed by atoms with Crippen molar-refractivity contribution < 1.29 is 9.90 Å². The summed E-state index contributed by atoms with van der Waals surface area (Å²) in [5.74, 6) is 0.626. The van der Waals surface area contributed by atoms with Crippen LogP contribution in [-0.4, -0.2) is 59.6 Å². The maximum atomic E-state index is 10.9. The highest BCUT2D eigenvalue weighted by molar-refractivity contribution is 5.67. The second-order valence-corrected chi connectivity index (χ2v) is 6.31. The molecular weight excluding hydrogens is 228 g/mol. The Hall–Kier alpha value is -0.610. The number of hydrogen-bond donors (Lipinski definition) is 1. The minimum Gasteiger partial charge on any atom is -0.481 e. The van der Waals surface area contributed by atoms with E-state index in [4.69, 9.17) is 5.11 Å². The third-order valence-electron chi connectivity index (χ3n) is 5.10. The lowest BCUT2D eigenvalue weighted by Gasteiger charge is -2.50. The number of carbonyl (C=O) groups is 1. The number of nitrogens with zero attached hydrogens (tertiary/aromatic N) is 2. The first-order valence-electron chi connectivity index (χ1n) is 7.40. The highest BCUT2D eigenvalue weighted by Gasteiger charge is 2.38. The molecule has 102 valence electrons. The van der Waals surface area contributed by atoms with Gasteiger partial charge in [0.15, 0.2) is 0 Å². The van der Waals surface area contributed by atoms with Crippen molar-refractivity contribution in [2.75, 3.05) is 32.7 Å². The van der Waals surface area contributed by atoms with E-state index in [1.54, 1.807) is 0 Å². The van der Waals surface area contributed by atoms with E-state index >= 15 is 0 Å². The summed E-state index contributed by atoms with van der Waals surface area (Å²) in [5.41, 5.74) is 0. The van der Waals surface area contributed by atoms with Crippen molar-refractivity contribution in [3.05, 3.63) is 0 Å². The van der Waals surface area contributed by atoms with Crippen LogP contribution in [0.15, 0.2) is 0 Å². The molecule has 0 radical (unpaired) electrons. The monoisotopic (exact) mass is 252 g/mol. The first-order chi connectivity index (χ1) is 8.72. The van der Waals surface area contributed by atoms with Gasteiger partial charge >= 0.3 is 5.97 Å². The number of fused-ring (bicyclic) bond motifs is 3. The van der Waals surface area contributed by atoms with E-state index in [-0.39, 0.29) is 0 Å². The molecular formula is C14H24N2O2. The van der Waals surface area contributed by atoms with Crippen LogP contribution in [0.25, 0.3) is 0 Å². The predicted octanol–water partition coefficient (Wildman–Crippen LogP) is 1.27. The highest BCUT2D eigenvalue weighted by Crippen LogP contribution is 2.33. The molecule has 0 amide bonds. The molecule has 0 aromatic rings. The van der Waals surface area contributed by atoms with Crippen molar-refractivity contribution in [2.45, 2.75) is 38.1 Å². The van der Waals surface area contributed by atoms with Gasteiger partial charge in [-0.25, -0.2) is 0 Å². The van der Waals surface area contributed by atoms with E-state index in [1.807, 2.05) is 0 Å². The van der Waals surface area contributed by atoms with Gasteiger partial charge in [-0.15, -0.1) is 0 Å². The van der Waals surface area contributed by atoms with Crippen molar-refractivity contribution in [2.24, 2.45) is 11.8 Å². The molecule has 4 heterocycles. The molecule has 4 heteroatoms. The Kier molecular flexibility index (Phi) is 3.57. The fourth-order valence-corrected chi connectivity index (χ4v) is 4.16. The van der Waals surface area contributed by atoms with Crippen LogP contribution < -0.4 is 0 Å². The minimum absolute atomic E-state index is 0.359. The average Bonchev–Trinajstić information content (AvgIpc) is 2.39.